The summed E-state index contributed by atoms with van der Waals surface area (Å²) in [6, 6.07) is 13.3. The predicted octanol–water partition coefficient (Wildman–Crippen LogP) is 3.53. The molecule has 3 rings (SSSR count). The van der Waals surface area contributed by atoms with Gasteiger partial charge in [0.25, 0.3) is 0 Å². The fourth-order valence-corrected chi connectivity index (χ4v) is 4.47. The molecule has 1 aromatic carbocycles. The Morgan fingerprint density at radius 3 is 2.42 bits per heavy atom. The fourth-order valence-electron chi connectivity index (χ4n) is 2.94. The second-order valence-electron chi connectivity index (χ2n) is 6.31. The van der Waals surface area contributed by atoms with Crippen molar-refractivity contribution in [2.24, 2.45) is 0 Å². The van der Waals surface area contributed by atoms with Crippen molar-refractivity contribution in [2.45, 2.75) is 13.0 Å². The van der Waals surface area contributed by atoms with Gasteiger partial charge in [-0.3, -0.25) is 9.69 Å². The van der Waals surface area contributed by atoms with Crippen LogP contribution in [0.3, 0.4) is 0 Å². The summed E-state index contributed by atoms with van der Waals surface area (Å²) in [5, 5.41) is 11.7. The molecule has 1 amide bonds. The van der Waals surface area contributed by atoms with Gasteiger partial charge in [-0.1, -0.05) is 0 Å². The van der Waals surface area contributed by atoms with Crippen molar-refractivity contribution in [3.05, 3.63) is 50.6 Å². The minimum atomic E-state index is 0.0144. The maximum atomic E-state index is 12.1. The van der Waals surface area contributed by atoms with Crippen LogP contribution in [0.5, 0.6) is 0 Å². The van der Waals surface area contributed by atoms with Gasteiger partial charge in [-0.2, -0.15) is 5.26 Å². The summed E-state index contributed by atoms with van der Waals surface area (Å²) in [4.78, 5) is 18.3. The number of hydrogen-bond donors (Lipinski definition) is 1. The summed E-state index contributed by atoms with van der Waals surface area (Å²) in [5.41, 5.74) is 1.33. The molecule has 136 valence electrons. The number of rotatable bonds is 6. The zero-order valence-electron chi connectivity index (χ0n) is 14.4. The van der Waals surface area contributed by atoms with Crippen molar-refractivity contribution in [2.75, 3.05) is 38.0 Å². The first-order chi connectivity index (χ1) is 12.6. The Bertz CT molecular complexity index is 776. The third-order valence-corrected chi connectivity index (χ3v) is 6.03. The van der Waals surface area contributed by atoms with Gasteiger partial charge in [0.1, 0.15) is 0 Å². The molecule has 0 atom stereocenters. The number of nitrogens with one attached hydrogen (secondary N) is 1. The van der Waals surface area contributed by atoms with E-state index in [1.165, 1.54) is 8.66 Å². The van der Waals surface area contributed by atoms with E-state index in [9.17, 15) is 4.79 Å². The molecule has 1 aromatic heterocycles. The molecule has 0 aliphatic carbocycles. The average molecular weight is 433 g/mol. The van der Waals surface area contributed by atoms with Crippen LogP contribution in [0.15, 0.2) is 40.2 Å². The van der Waals surface area contributed by atoms with E-state index in [1.807, 2.05) is 0 Å². The summed E-state index contributed by atoms with van der Waals surface area (Å²) < 4.78 is 1.18. The number of thiophene rings is 1. The number of hydrogen-bond acceptors (Lipinski definition) is 5. The Morgan fingerprint density at radius 1 is 1.12 bits per heavy atom. The van der Waals surface area contributed by atoms with Crippen LogP contribution in [0.1, 0.15) is 16.9 Å². The van der Waals surface area contributed by atoms with Crippen LogP contribution >= 0.6 is 27.3 Å². The number of nitrogens with zero attached hydrogens (tertiary/aromatic N) is 3. The molecule has 1 aliphatic rings. The van der Waals surface area contributed by atoms with Gasteiger partial charge in [-0.15, -0.1) is 11.3 Å². The van der Waals surface area contributed by atoms with E-state index in [-0.39, 0.29) is 5.91 Å². The van der Waals surface area contributed by atoms with Crippen molar-refractivity contribution < 1.29 is 4.79 Å². The van der Waals surface area contributed by atoms with E-state index in [4.69, 9.17) is 5.26 Å². The fraction of sp³-hybridized carbons (Fsp3) is 0.368. The van der Waals surface area contributed by atoms with Crippen molar-refractivity contribution >= 4 is 38.9 Å². The van der Waals surface area contributed by atoms with E-state index >= 15 is 0 Å². The van der Waals surface area contributed by atoms with Gasteiger partial charge >= 0.3 is 0 Å². The second kappa shape index (κ2) is 9.28. The first-order valence-corrected chi connectivity index (χ1v) is 10.2. The van der Waals surface area contributed by atoms with E-state index in [2.05, 4.69) is 49.2 Å². The van der Waals surface area contributed by atoms with Gasteiger partial charge < -0.3 is 10.2 Å². The lowest BCUT2D eigenvalue weighted by Crippen LogP contribution is -2.46. The Kier molecular flexibility index (Phi) is 6.80. The molecule has 0 spiro atoms. The molecule has 2 aromatic rings. The normalized spacial score (nSPS) is 15.5. The Labute approximate surface area is 166 Å². The molecule has 1 saturated heterocycles. The molecule has 2 heterocycles. The van der Waals surface area contributed by atoms with Gasteiger partial charge in [0, 0.05) is 56.3 Å². The Morgan fingerprint density at radius 2 is 1.81 bits per heavy atom. The third-order valence-electron chi connectivity index (χ3n) is 4.43. The van der Waals surface area contributed by atoms with Crippen LogP contribution in [0, 0.1) is 11.3 Å². The monoisotopic (exact) mass is 432 g/mol. The summed E-state index contributed by atoms with van der Waals surface area (Å²) in [7, 11) is 0. The molecule has 1 aliphatic heterocycles. The van der Waals surface area contributed by atoms with E-state index in [0.29, 0.717) is 12.0 Å². The van der Waals surface area contributed by atoms with Crippen LogP contribution in [0.25, 0.3) is 0 Å². The molecule has 1 N–H and O–H groups in total. The number of nitriles is 1. The molecule has 0 unspecified atom stereocenters. The van der Waals surface area contributed by atoms with Gasteiger partial charge in [0.05, 0.1) is 15.4 Å². The van der Waals surface area contributed by atoms with Crippen LogP contribution in [0.2, 0.25) is 0 Å². The molecule has 7 heteroatoms. The van der Waals surface area contributed by atoms with Crippen LogP contribution in [-0.4, -0.2) is 48.4 Å². The highest BCUT2D eigenvalue weighted by atomic mass is 79.9. The number of piperazine rings is 1. The average Bonchev–Trinajstić information content (AvgIpc) is 3.06. The van der Waals surface area contributed by atoms with Gasteiger partial charge in [-0.05, 0) is 52.3 Å². The van der Waals surface area contributed by atoms with Crippen molar-refractivity contribution in [3.63, 3.8) is 0 Å². The van der Waals surface area contributed by atoms with Crippen molar-refractivity contribution in [1.29, 1.82) is 5.26 Å². The molecular weight excluding hydrogens is 412 g/mol. The lowest BCUT2D eigenvalue weighted by atomic mass is 10.2. The minimum absolute atomic E-state index is 0.0144. The molecular formula is C19H21BrN4OS. The van der Waals surface area contributed by atoms with E-state index in [0.717, 1.165) is 45.0 Å². The summed E-state index contributed by atoms with van der Waals surface area (Å²) in [5.74, 6) is 0.0144. The lowest BCUT2D eigenvalue weighted by molar-refractivity contribution is -0.116. The maximum absolute atomic E-state index is 12.1. The number of benzene rings is 1. The lowest BCUT2D eigenvalue weighted by Gasteiger charge is -2.34. The zero-order chi connectivity index (χ0) is 18.4. The van der Waals surface area contributed by atoms with Gasteiger partial charge in [-0.25, -0.2) is 0 Å². The SMILES string of the molecule is N#Cc1ccc(NC(=O)CCN2CCN(Cc3ccc(Br)s3)CC2)cc1. The van der Waals surface area contributed by atoms with Crippen LogP contribution < -0.4 is 5.32 Å². The summed E-state index contributed by atoms with van der Waals surface area (Å²) in [6.07, 6.45) is 0.484. The van der Waals surface area contributed by atoms with Crippen molar-refractivity contribution in [3.8, 4) is 6.07 Å². The number of carbonyl (C=O) groups excluding carboxylic acids is 1. The summed E-state index contributed by atoms with van der Waals surface area (Å²) in [6.45, 7) is 5.84. The third kappa shape index (κ3) is 5.64. The first kappa shape index (κ1) is 19.1. The highest BCUT2D eigenvalue weighted by molar-refractivity contribution is 9.11. The smallest absolute Gasteiger partial charge is 0.225 e. The number of halogens is 1. The first-order valence-electron chi connectivity index (χ1n) is 8.61. The van der Waals surface area contributed by atoms with Gasteiger partial charge in [0.2, 0.25) is 5.91 Å². The Hall–Kier alpha value is -1.72. The zero-order valence-corrected chi connectivity index (χ0v) is 16.9. The van der Waals surface area contributed by atoms with Crippen molar-refractivity contribution in [1.82, 2.24) is 9.80 Å². The van der Waals surface area contributed by atoms with Crippen LogP contribution in [-0.2, 0) is 11.3 Å². The molecule has 0 bridgehead atoms. The minimum Gasteiger partial charge on any atom is -0.326 e. The second-order valence-corrected chi connectivity index (χ2v) is 8.86. The highest BCUT2D eigenvalue weighted by Crippen LogP contribution is 2.23. The van der Waals surface area contributed by atoms with Gasteiger partial charge in [0.15, 0.2) is 0 Å². The molecule has 5 nitrogen and oxygen atoms in total. The predicted molar refractivity (Wildman–Crippen MR) is 108 cm³/mol. The molecule has 1 fully saturated rings. The van der Waals surface area contributed by atoms with E-state index < -0.39 is 0 Å². The number of anilines is 1. The van der Waals surface area contributed by atoms with E-state index in [1.54, 1.807) is 35.6 Å². The topological polar surface area (TPSA) is 59.4 Å². The summed E-state index contributed by atoms with van der Waals surface area (Å²) >= 11 is 5.30. The van der Waals surface area contributed by atoms with Crippen LogP contribution in [0.4, 0.5) is 5.69 Å². The standard InChI is InChI=1S/C19H21BrN4OS/c20-18-6-5-17(26-18)14-24-11-9-23(10-12-24)8-7-19(25)22-16-3-1-15(13-21)2-4-16/h1-6H,7-12,14H2,(H,22,25). The number of amides is 1. The number of carbonyl (C=O) groups is 1. The molecule has 0 radical (unpaired) electrons. The highest BCUT2D eigenvalue weighted by Gasteiger charge is 2.18. The molecule has 26 heavy (non-hydrogen) atoms. The largest absolute Gasteiger partial charge is 0.326 e. The maximum Gasteiger partial charge on any atom is 0.225 e. The quantitative estimate of drug-likeness (QED) is 0.758. The molecule has 0 saturated carbocycles. The Balaban J connectivity index is 1.36.